The summed E-state index contributed by atoms with van der Waals surface area (Å²) in [7, 11) is 3.95. The molecule has 0 saturated heterocycles. The van der Waals surface area contributed by atoms with E-state index >= 15 is 0 Å². The van der Waals surface area contributed by atoms with E-state index in [4.69, 9.17) is 5.11 Å². The van der Waals surface area contributed by atoms with Crippen LogP contribution in [0.15, 0.2) is 6.20 Å². The minimum atomic E-state index is -0.993. The third-order valence-electron chi connectivity index (χ3n) is 2.38. The number of urea groups is 1. The van der Waals surface area contributed by atoms with Gasteiger partial charge in [-0.25, -0.2) is 9.48 Å². The molecule has 9 heteroatoms. The predicted molar refractivity (Wildman–Crippen MR) is 71.1 cm³/mol. The van der Waals surface area contributed by atoms with Crippen molar-refractivity contribution in [2.45, 2.75) is 19.5 Å². The number of carboxylic acid groups (broad SMARTS) is 1. The van der Waals surface area contributed by atoms with Crippen molar-refractivity contribution in [1.82, 2.24) is 30.5 Å². The fraction of sp³-hybridized carbons (Fsp3) is 0.636. The van der Waals surface area contributed by atoms with E-state index in [1.54, 1.807) is 0 Å². The highest BCUT2D eigenvalue weighted by molar-refractivity contribution is 5.73. The molecule has 0 fully saturated rings. The molecule has 0 bridgehead atoms. The summed E-state index contributed by atoms with van der Waals surface area (Å²) in [6.07, 6.45) is 2.36. The number of carboxylic acids is 1. The van der Waals surface area contributed by atoms with E-state index < -0.39 is 5.97 Å². The zero-order chi connectivity index (χ0) is 15.0. The summed E-state index contributed by atoms with van der Waals surface area (Å²) >= 11 is 0. The molecule has 0 saturated carbocycles. The van der Waals surface area contributed by atoms with Gasteiger partial charge in [-0.15, -0.1) is 5.10 Å². The zero-order valence-corrected chi connectivity index (χ0v) is 11.7. The average Bonchev–Trinajstić information content (AvgIpc) is 2.78. The van der Waals surface area contributed by atoms with Gasteiger partial charge in [-0.3, -0.25) is 4.79 Å². The smallest absolute Gasteiger partial charge is 0.325 e. The molecule has 112 valence electrons. The minimum absolute atomic E-state index is 0.207. The molecule has 0 unspecified atom stereocenters. The van der Waals surface area contributed by atoms with Crippen LogP contribution in [0.25, 0.3) is 0 Å². The van der Waals surface area contributed by atoms with E-state index in [1.807, 2.05) is 19.0 Å². The van der Waals surface area contributed by atoms with Gasteiger partial charge in [-0.1, -0.05) is 5.21 Å². The summed E-state index contributed by atoms with van der Waals surface area (Å²) < 4.78 is 1.20. The normalized spacial score (nSPS) is 10.6. The van der Waals surface area contributed by atoms with Crippen LogP contribution in [0.3, 0.4) is 0 Å². The first-order valence-corrected chi connectivity index (χ1v) is 6.24. The van der Waals surface area contributed by atoms with Crippen molar-refractivity contribution in [3.63, 3.8) is 0 Å². The number of carbonyl (C=O) groups is 2. The van der Waals surface area contributed by atoms with Gasteiger partial charge in [0.25, 0.3) is 0 Å². The van der Waals surface area contributed by atoms with E-state index in [0.717, 1.165) is 13.0 Å². The molecule has 0 aliphatic rings. The molecule has 3 N–H and O–H groups in total. The molecular weight excluding hydrogens is 264 g/mol. The quantitative estimate of drug-likeness (QED) is 0.534. The molecular formula is C11H20N6O3. The number of nitrogens with one attached hydrogen (secondary N) is 2. The molecule has 2 amide bonds. The molecule has 0 aliphatic carbocycles. The standard InChI is InChI=1S/C11H20N6O3/c1-16(2)5-3-4-12-11(20)13-6-9-7-17(15-14-9)8-10(18)19/h7H,3-6,8H2,1-2H3,(H,18,19)(H2,12,13,20). The van der Waals surface area contributed by atoms with Crippen molar-refractivity contribution in [2.75, 3.05) is 27.2 Å². The number of aromatic nitrogens is 3. The number of aliphatic carboxylic acids is 1. The summed E-state index contributed by atoms with van der Waals surface area (Å²) in [6.45, 7) is 1.46. The lowest BCUT2D eigenvalue weighted by atomic mass is 10.4. The first-order valence-electron chi connectivity index (χ1n) is 6.24. The summed E-state index contributed by atoms with van der Waals surface area (Å²) in [6, 6.07) is -0.281. The van der Waals surface area contributed by atoms with Crippen LogP contribution in [0, 0.1) is 0 Å². The average molecular weight is 284 g/mol. The van der Waals surface area contributed by atoms with Gasteiger partial charge in [0.2, 0.25) is 0 Å². The zero-order valence-electron chi connectivity index (χ0n) is 11.7. The Labute approximate surface area is 116 Å². The van der Waals surface area contributed by atoms with Crippen LogP contribution in [0.2, 0.25) is 0 Å². The van der Waals surface area contributed by atoms with Crippen LogP contribution in [-0.2, 0) is 17.9 Å². The van der Waals surface area contributed by atoms with Crippen molar-refractivity contribution >= 4 is 12.0 Å². The maximum Gasteiger partial charge on any atom is 0.325 e. The molecule has 0 aromatic carbocycles. The lowest BCUT2D eigenvalue weighted by Gasteiger charge is -2.10. The second-order valence-corrected chi connectivity index (χ2v) is 4.57. The number of carbonyl (C=O) groups excluding carboxylic acids is 1. The molecule has 1 heterocycles. The molecule has 0 atom stereocenters. The first kappa shape index (κ1) is 15.9. The minimum Gasteiger partial charge on any atom is -0.480 e. The van der Waals surface area contributed by atoms with Crippen LogP contribution in [0.5, 0.6) is 0 Å². The van der Waals surface area contributed by atoms with Gasteiger partial charge in [0.05, 0.1) is 12.7 Å². The van der Waals surface area contributed by atoms with E-state index in [2.05, 4.69) is 20.9 Å². The summed E-state index contributed by atoms with van der Waals surface area (Å²) in [5, 5.41) is 21.3. The summed E-state index contributed by atoms with van der Waals surface area (Å²) in [4.78, 5) is 24.0. The second kappa shape index (κ2) is 8.10. The Bertz CT molecular complexity index is 445. The third-order valence-corrected chi connectivity index (χ3v) is 2.38. The van der Waals surface area contributed by atoms with Crippen molar-refractivity contribution < 1.29 is 14.7 Å². The molecule has 1 aromatic rings. The Kier molecular flexibility index (Phi) is 6.44. The van der Waals surface area contributed by atoms with Crippen LogP contribution in [-0.4, -0.2) is 64.2 Å². The molecule has 0 aliphatic heterocycles. The molecule has 20 heavy (non-hydrogen) atoms. The van der Waals surface area contributed by atoms with Crippen molar-refractivity contribution in [3.05, 3.63) is 11.9 Å². The largest absolute Gasteiger partial charge is 0.480 e. The van der Waals surface area contributed by atoms with Gasteiger partial charge in [-0.2, -0.15) is 0 Å². The number of rotatable bonds is 8. The first-order chi connectivity index (χ1) is 9.47. The van der Waals surface area contributed by atoms with Crippen molar-refractivity contribution in [3.8, 4) is 0 Å². The second-order valence-electron chi connectivity index (χ2n) is 4.57. The number of hydrogen-bond donors (Lipinski definition) is 3. The molecule has 9 nitrogen and oxygen atoms in total. The lowest BCUT2D eigenvalue weighted by molar-refractivity contribution is -0.137. The maximum atomic E-state index is 11.5. The number of nitrogens with zero attached hydrogens (tertiary/aromatic N) is 4. The fourth-order valence-corrected chi connectivity index (χ4v) is 1.47. The van der Waals surface area contributed by atoms with Crippen LogP contribution < -0.4 is 10.6 Å². The highest BCUT2D eigenvalue weighted by atomic mass is 16.4. The molecule has 1 aromatic heterocycles. The Morgan fingerprint density at radius 3 is 2.80 bits per heavy atom. The van der Waals surface area contributed by atoms with Gasteiger partial charge in [0.1, 0.15) is 12.2 Å². The Balaban J connectivity index is 2.20. The predicted octanol–water partition coefficient (Wildman–Crippen LogP) is -0.886. The van der Waals surface area contributed by atoms with Crippen LogP contribution >= 0.6 is 0 Å². The van der Waals surface area contributed by atoms with Crippen molar-refractivity contribution in [1.29, 1.82) is 0 Å². The number of amides is 2. The Morgan fingerprint density at radius 2 is 2.15 bits per heavy atom. The Hall–Kier alpha value is -2.16. The summed E-state index contributed by atoms with van der Waals surface area (Å²) in [5.74, 6) is -0.993. The number of hydrogen-bond acceptors (Lipinski definition) is 5. The van der Waals surface area contributed by atoms with Crippen LogP contribution in [0.1, 0.15) is 12.1 Å². The molecule has 1 rings (SSSR count). The lowest BCUT2D eigenvalue weighted by Crippen LogP contribution is -2.36. The van der Waals surface area contributed by atoms with Crippen LogP contribution in [0.4, 0.5) is 4.79 Å². The summed E-state index contributed by atoms with van der Waals surface area (Å²) in [5.41, 5.74) is 0.509. The Morgan fingerprint density at radius 1 is 1.40 bits per heavy atom. The fourth-order valence-electron chi connectivity index (χ4n) is 1.47. The highest BCUT2D eigenvalue weighted by Crippen LogP contribution is 1.92. The van der Waals surface area contributed by atoms with Gasteiger partial charge >= 0.3 is 12.0 Å². The topological polar surface area (TPSA) is 112 Å². The third kappa shape index (κ3) is 6.69. The molecule has 0 spiro atoms. The van der Waals surface area contributed by atoms with Crippen molar-refractivity contribution in [2.24, 2.45) is 0 Å². The molecule has 0 radical (unpaired) electrons. The monoisotopic (exact) mass is 284 g/mol. The van der Waals surface area contributed by atoms with Gasteiger partial charge in [0, 0.05) is 6.54 Å². The van der Waals surface area contributed by atoms with E-state index in [1.165, 1.54) is 10.9 Å². The maximum absolute atomic E-state index is 11.5. The van der Waals surface area contributed by atoms with Gasteiger partial charge in [-0.05, 0) is 27.1 Å². The highest BCUT2D eigenvalue weighted by Gasteiger charge is 2.05. The SMILES string of the molecule is CN(C)CCCNC(=O)NCc1cn(CC(=O)O)nn1. The van der Waals surface area contributed by atoms with Gasteiger partial charge < -0.3 is 20.6 Å². The van der Waals surface area contributed by atoms with E-state index in [0.29, 0.717) is 12.2 Å². The van der Waals surface area contributed by atoms with Gasteiger partial charge in [0.15, 0.2) is 0 Å². The van der Waals surface area contributed by atoms with E-state index in [-0.39, 0.29) is 19.1 Å². The van der Waals surface area contributed by atoms with E-state index in [9.17, 15) is 9.59 Å².